The van der Waals surface area contributed by atoms with Crippen LogP contribution in [0.2, 0.25) is 0 Å². The van der Waals surface area contributed by atoms with Gasteiger partial charge >= 0.3 is 6.61 Å². The number of rotatable bonds is 7. The summed E-state index contributed by atoms with van der Waals surface area (Å²) in [5.41, 5.74) is 2.33. The smallest absolute Gasteiger partial charge is 0.387 e. The fourth-order valence-corrected chi connectivity index (χ4v) is 2.37. The fourth-order valence-electron chi connectivity index (χ4n) is 2.16. The monoisotopic (exact) mass is 354 g/mol. The Balaban J connectivity index is 1.82. The molecule has 1 aromatic carbocycles. The van der Waals surface area contributed by atoms with Gasteiger partial charge in [-0.2, -0.15) is 13.9 Å². The molecule has 0 saturated heterocycles. The van der Waals surface area contributed by atoms with Crippen molar-refractivity contribution in [2.45, 2.75) is 33.4 Å². The summed E-state index contributed by atoms with van der Waals surface area (Å²) in [6.45, 7) is 2.33. The molecular formula is C16H20F2N4OS. The second kappa shape index (κ2) is 8.58. The number of aromatic nitrogens is 2. The van der Waals surface area contributed by atoms with Gasteiger partial charge in [-0.25, -0.2) is 0 Å². The largest absolute Gasteiger partial charge is 0.433 e. The normalized spacial score (nSPS) is 10.7. The number of anilines is 1. The zero-order chi connectivity index (χ0) is 17.5. The van der Waals surface area contributed by atoms with E-state index in [4.69, 9.17) is 12.2 Å². The number of aryl methyl sites for hydroxylation is 3. The number of nitrogens with zero attached hydrogens (tertiary/aromatic N) is 2. The van der Waals surface area contributed by atoms with E-state index in [0.29, 0.717) is 17.3 Å². The predicted molar refractivity (Wildman–Crippen MR) is 93.6 cm³/mol. The van der Waals surface area contributed by atoms with Gasteiger partial charge < -0.3 is 15.4 Å². The Morgan fingerprint density at radius 1 is 1.33 bits per heavy atom. The van der Waals surface area contributed by atoms with Crippen LogP contribution in [0.3, 0.4) is 0 Å². The molecule has 2 rings (SSSR count). The Labute approximate surface area is 145 Å². The van der Waals surface area contributed by atoms with Crippen molar-refractivity contribution >= 4 is 23.0 Å². The number of hydrogen-bond donors (Lipinski definition) is 2. The maximum atomic E-state index is 12.5. The zero-order valence-electron chi connectivity index (χ0n) is 13.6. The summed E-state index contributed by atoms with van der Waals surface area (Å²) in [5, 5.41) is 10.5. The highest BCUT2D eigenvalue weighted by Gasteiger charge is 2.11. The third-order valence-electron chi connectivity index (χ3n) is 3.36. The molecule has 8 heteroatoms. The van der Waals surface area contributed by atoms with E-state index in [0.717, 1.165) is 24.2 Å². The Hall–Kier alpha value is -2.22. The molecule has 0 fully saturated rings. The second-order valence-electron chi connectivity index (χ2n) is 5.31. The maximum Gasteiger partial charge on any atom is 0.387 e. The molecule has 2 N–H and O–H groups in total. The van der Waals surface area contributed by atoms with Crippen LogP contribution < -0.4 is 15.4 Å². The number of alkyl halides is 2. The second-order valence-corrected chi connectivity index (χ2v) is 5.72. The molecule has 0 radical (unpaired) electrons. The first kappa shape index (κ1) is 18.1. The molecule has 1 heterocycles. The van der Waals surface area contributed by atoms with Gasteiger partial charge in [-0.3, -0.25) is 4.68 Å². The van der Waals surface area contributed by atoms with Crippen LogP contribution in [-0.4, -0.2) is 28.0 Å². The highest BCUT2D eigenvalue weighted by atomic mass is 32.1. The van der Waals surface area contributed by atoms with Gasteiger partial charge in [-0.1, -0.05) is 6.07 Å². The van der Waals surface area contributed by atoms with E-state index in [9.17, 15) is 8.78 Å². The van der Waals surface area contributed by atoms with Gasteiger partial charge in [0.25, 0.3) is 0 Å². The summed E-state index contributed by atoms with van der Waals surface area (Å²) >= 11 is 5.19. The lowest BCUT2D eigenvalue weighted by molar-refractivity contribution is -0.0493. The summed E-state index contributed by atoms with van der Waals surface area (Å²) in [6.07, 6.45) is 2.59. The van der Waals surface area contributed by atoms with Crippen molar-refractivity contribution < 1.29 is 13.5 Å². The number of benzene rings is 1. The van der Waals surface area contributed by atoms with E-state index in [1.807, 2.05) is 17.7 Å². The van der Waals surface area contributed by atoms with E-state index in [-0.39, 0.29) is 5.75 Å². The average molecular weight is 354 g/mol. The first-order valence-electron chi connectivity index (χ1n) is 7.54. The van der Waals surface area contributed by atoms with Crippen LogP contribution in [-0.2, 0) is 6.54 Å². The highest BCUT2D eigenvalue weighted by molar-refractivity contribution is 7.80. The SMILES string of the molecule is Cc1ccc(NC(=S)NCCCn2nccc2C)c(OC(F)F)c1. The minimum absolute atomic E-state index is 0.0707. The summed E-state index contributed by atoms with van der Waals surface area (Å²) in [4.78, 5) is 0. The Morgan fingerprint density at radius 3 is 2.79 bits per heavy atom. The number of hydrogen-bond acceptors (Lipinski definition) is 3. The Bertz CT molecular complexity index is 690. The van der Waals surface area contributed by atoms with Crippen molar-refractivity contribution in [3.8, 4) is 5.75 Å². The van der Waals surface area contributed by atoms with Gasteiger partial charge in [0.1, 0.15) is 5.75 Å². The molecule has 0 amide bonds. The van der Waals surface area contributed by atoms with E-state index in [1.165, 1.54) is 6.07 Å². The topological polar surface area (TPSA) is 51.1 Å². The van der Waals surface area contributed by atoms with E-state index < -0.39 is 6.61 Å². The minimum atomic E-state index is -2.88. The molecule has 5 nitrogen and oxygen atoms in total. The molecule has 0 unspecified atom stereocenters. The molecule has 0 aliphatic heterocycles. The van der Waals surface area contributed by atoms with E-state index in [2.05, 4.69) is 20.5 Å². The van der Waals surface area contributed by atoms with Crippen LogP contribution in [0.25, 0.3) is 0 Å². The van der Waals surface area contributed by atoms with Crippen molar-refractivity contribution in [2.24, 2.45) is 0 Å². The van der Waals surface area contributed by atoms with Gasteiger partial charge in [-0.05, 0) is 56.2 Å². The van der Waals surface area contributed by atoms with Crippen LogP contribution in [0.5, 0.6) is 5.75 Å². The first-order chi connectivity index (χ1) is 11.5. The zero-order valence-corrected chi connectivity index (χ0v) is 14.4. The third kappa shape index (κ3) is 5.45. The molecule has 2 aromatic rings. The molecule has 24 heavy (non-hydrogen) atoms. The van der Waals surface area contributed by atoms with Crippen LogP contribution >= 0.6 is 12.2 Å². The van der Waals surface area contributed by atoms with Crippen molar-refractivity contribution in [2.75, 3.05) is 11.9 Å². The lowest BCUT2D eigenvalue weighted by Crippen LogP contribution is -2.30. The van der Waals surface area contributed by atoms with Gasteiger partial charge in [0, 0.05) is 25.0 Å². The first-order valence-corrected chi connectivity index (χ1v) is 7.95. The molecule has 0 bridgehead atoms. The predicted octanol–water partition coefficient (Wildman–Crippen LogP) is 3.48. The molecule has 0 aliphatic rings. The van der Waals surface area contributed by atoms with E-state index in [1.54, 1.807) is 25.3 Å². The highest BCUT2D eigenvalue weighted by Crippen LogP contribution is 2.27. The van der Waals surface area contributed by atoms with Gasteiger partial charge in [0.2, 0.25) is 0 Å². The molecular weight excluding hydrogens is 334 g/mol. The molecule has 0 aliphatic carbocycles. The fraction of sp³-hybridized carbons (Fsp3) is 0.375. The number of ether oxygens (including phenoxy) is 1. The quantitative estimate of drug-likeness (QED) is 0.589. The third-order valence-corrected chi connectivity index (χ3v) is 3.61. The van der Waals surface area contributed by atoms with Crippen molar-refractivity contribution in [1.29, 1.82) is 0 Å². The van der Waals surface area contributed by atoms with Crippen molar-refractivity contribution in [3.05, 3.63) is 41.7 Å². The number of thiocarbonyl (C=S) groups is 1. The lowest BCUT2D eigenvalue weighted by atomic mass is 10.2. The molecule has 0 atom stereocenters. The molecule has 0 saturated carbocycles. The summed E-state index contributed by atoms with van der Waals surface area (Å²) in [7, 11) is 0. The molecule has 1 aromatic heterocycles. The van der Waals surface area contributed by atoms with Crippen molar-refractivity contribution in [3.63, 3.8) is 0 Å². The van der Waals surface area contributed by atoms with Crippen LogP contribution in [0.4, 0.5) is 14.5 Å². The summed E-state index contributed by atoms with van der Waals surface area (Å²) in [5.74, 6) is 0.0707. The molecule has 130 valence electrons. The number of nitrogens with one attached hydrogen (secondary N) is 2. The summed E-state index contributed by atoms with van der Waals surface area (Å²) < 4.78 is 31.4. The van der Waals surface area contributed by atoms with Gasteiger partial charge in [0.05, 0.1) is 5.69 Å². The average Bonchev–Trinajstić information content (AvgIpc) is 2.91. The summed E-state index contributed by atoms with van der Waals surface area (Å²) in [6, 6.07) is 6.94. The van der Waals surface area contributed by atoms with Crippen molar-refractivity contribution in [1.82, 2.24) is 15.1 Å². The Morgan fingerprint density at radius 2 is 2.12 bits per heavy atom. The van der Waals surface area contributed by atoms with Gasteiger partial charge in [-0.15, -0.1) is 0 Å². The Kier molecular flexibility index (Phi) is 6.48. The number of halogens is 2. The van der Waals surface area contributed by atoms with Gasteiger partial charge in [0.15, 0.2) is 5.11 Å². The lowest BCUT2D eigenvalue weighted by Gasteiger charge is -2.15. The minimum Gasteiger partial charge on any atom is -0.433 e. The van der Waals surface area contributed by atoms with E-state index >= 15 is 0 Å². The standard InChI is InChI=1S/C16H20F2N4OS/c1-11-4-5-13(14(10-11)23-15(17)18)21-16(24)19-7-3-9-22-12(2)6-8-20-22/h4-6,8,10,15H,3,7,9H2,1-2H3,(H2,19,21,24). The molecule has 0 spiro atoms. The van der Waals surface area contributed by atoms with Crippen LogP contribution in [0.1, 0.15) is 17.7 Å². The maximum absolute atomic E-state index is 12.5. The van der Waals surface area contributed by atoms with Crippen LogP contribution in [0.15, 0.2) is 30.5 Å². The van der Waals surface area contributed by atoms with Crippen LogP contribution in [0, 0.1) is 13.8 Å².